The predicted molar refractivity (Wildman–Crippen MR) is 147 cm³/mol. The first-order chi connectivity index (χ1) is 17.3. The lowest BCUT2D eigenvalue weighted by atomic mass is 10.0. The summed E-state index contributed by atoms with van der Waals surface area (Å²) in [5, 5.41) is 5.02. The fraction of sp³-hybridized carbons (Fsp3) is 0.296. The van der Waals surface area contributed by atoms with Gasteiger partial charge in [0.05, 0.1) is 28.3 Å². The number of benzene rings is 2. The van der Waals surface area contributed by atoms with Crippen LogP contribution in [0.2, 0.25) is 5.02 Å². The summed E-state index contributed by atoms with van der Waals surface area (Å²) < 4.78 is 3.91. The molecule has 2 aromatic heterocycles. The van der Waals surface area contributed by atoms with Crippen LogP contribution in [0.15, 0.2) is 69.9 Å². The van der Waals surface area contributed by atoms with Crippen LogP contribution >= 0.6 is 27.5 Å². The third kappa shape index (κ3) is 5.26. The van der Waals surface area contributed by atoms with E-state index in [1.807, 2.05) is 55.1 Å². The molecule has 1 atom stereocenters. The van der Waals surface area contributed by atoms with Crippen LogP contribution < -0.4 is 11.4 Å². The van der Waals surface area contributed by atoms with Crippen LogP contribution in [0.3, 0.4) is 0 Å². The molecule has 0 spiro atoms. The van der Waals surface area contributed by atoms with Crippen LogP contribution in [0.1, 0.15) is 53.1 Å². The number of aromatic nitrogens is 3. The summed E-state index contributed by atoms with van der Waals surface area (Å²) in [4.78, 5) is 29.3. The van der Waals surface area contributed by atoms with Crippen molar-refractivity contribution in [1.29, 1.82) is 0 Å². The number of fused-ring (bicyclic) bond motifs is 1. The number of hydrogen-bond acceptors (Lipinski definition) is 4. The Hall–Kier alpha value is -2.94. The summed E-state index contributed by atoms with van der Waals surface area (Å²) in [7, 11) is 0. The van der Waals surface area contributed by atoms with Gasteiger partial charge in [0.1, 0.15) is 0 Å². The summed E-state index contributed by atoms with van der Waals surface area (Å²) in [5.41, 5.74) is 9.25. The fourth-order valence-electron chi connectivity index (χ4n) is 4.45. The number of carbonyl (C=O) groups excluding carboxylic acids is 1. The first-order valence-electron chi connectivity index (χ1n) is 11.9. The second kappa shape index (κ2) is 11.4. The number of nitrogens with zero attached hydrogens (tertiary/aromatic N) is 4. The molecule has 7 nitrogen and oxygen atoms in total. The minimum absolute atomic E-state index is 0.130. The Kier molecular flexibility index (Phi) is 8.28. The highest BCUT2D eigenvalue weighted by molar-refractivity contribution is 9.10. The van der Waals surface area contributed by atoms with Crippen LogP contribution in [0.25, 0.3) is 5.52 Å². The number of aryl methyl sites for hydroxylation is 1. The number of halogens is 2. The summed E-state index contributed by atoms with van der Waals surface area (Å²) in [6.07, 6.45) is 1.25. The average molecular weight is 571 g/mol. The minimum atomic E-state index is -0.358. The monoisotopic (exact) mass is 569 g/mol. The van der Waals surface area contributed by atoms with Gasteiger partial charge in [-0.15, -0.1) is 0 Å². The quantitative estimate of drug-likeness (QED) is 0.299. The Balaban J connectivity index is 1.90. The molecule has 4 aromatic rings. The van der Waals surface area contributed by atoms with E-state index in [2.05, 4.69) is 21.0 Å². The van der Waals surface area contributed by atoms with Gasteiger partial charge in [-0.1, -0.05) is 48.9 Å². The lowest BCUT2D eigenvalue weighted by Crippen LogP contribution is -2.40. The Morgan fingerprint density at radius 1 is 1.17 bits per heavy atom. The largest absolute Gasteiger partial charge is 0.349 e. The van der Waals surface area contributed by atoms with Gasteiger partial charge in [-0.25, -0.2) is 4.79 Å². The molecular formula is C27H29BrClN5O2. The topological polar surface area (TPSA) is 85.6 Å². The van der Waals surface area contributed by atoms with E-state index in [0.717, 1.165) is 21.4 Å². The van der Waals surface area contributed by atoms with Crippen molar-refractivity contribution < 1.29 is 4.79 Å². The maximum Gasteiger partial charge on any atom is 0.349 e. The fourth-order valence-corrected chi connectivity index (χ4v) is 4.94. The van der Waals surface area contributed by atoms with Gasteiger partial charge >= 0.3 is 5.69 Å². The minimum Gasteiger partial charge on any atom is -0.330 e. The van der Waals surface area contributed by atoms with Gasteiger partial charge in [0.25, 0.3) is 5.91 Å². The first kappa shape index (κ1) is 26.1. The molecule has 0 saturated carbocycles. The third-order valence-corrected chi connectivity index (χ3v) is 7.50. The standard InChI is InChI=1S/C27H29BrClN5O2/c1-3-22(32(15-7-14-30)26(35)20-10-12-21(29)13-11-20)23-16-24-25(28)18(2)31-34(24)27(36)33(23)17-19-8-5-4-6-9-19/h4-6,8-13,16,22H,3,7,14-15,17,30H2,1-2H3. The van der Waals surface area contributed by atoms with E-state index >= 15 is 0 Å². The molecule has 1 amide bonds. The van der Waals surface area contributed by atoms with E-state index in [4.69, 9.17) is 17.3 Å². The van der Waals surface area contributed by atoms with E-state index in [0.29, 0.717) is 48.6 Å². The summed E-state index contributed by atoms with van der Waals surface area (Å²) in [6.45, 7) is 5.14. The highest BCUT2D eigenvalue weighted by Crippen LogP contribution is 2.30. The molecule has 9 heteroatoms. The second-order valence-corrected chi connectivity index (χ2v) is 9.92. The maximum absolute atomic E-state index is 13.8. The van der Waals surface area contributed by atoms with Crippen LogP contribution in [0.5, 0.6) is 0 Å². The van der Waals surface area contributed by atoms with Crippen LogP contribution in [-0.4, -0.2) is 38.1 Å². The lowest BCUT2D eigenvalue weighted by molar-refractivity contribution is 0.0660. The van der Waals surface area contributed by atoms with Gasteiger partial charge in [-0.2, -0.15) is 9.61 Å². The Morgan fingerprint density at radius 2 is 1.86 bits per heavy atom. The lowest BCUT2D eigenvalue weighted by Gasteiger charge is -2.33. The Morgan fingerprint density at radius 3 is 2.50 bits per heavy atom. The number of nitrogens with two attached hydrogens (primary N) is 1. The number of amides is 1. The number of rotatable bonds is 9. The molecule has 1 unspecified atom stereocenters. The SMILES string of the molecule is CCC(c1cc2c(Br)c(C)nn2c(=O)n1Cc1ccccc1)N(CCCN)C(=O)c1ccc(Cl)cc1. The molecule has 36 heavy (non-hydrogen) atoms. The third-order valence-electron chi connectivity index (χ3n) is 6.27. The summed E-state index contributed by atoms with van der Waals surface area (Å²) in [5.74, 6) is -0.130. The zero-order valence-electron chi connectivity index (χ0n) is 20.3. The van der Waals surface area contributed by atoms with Gasteiger partial charge < -0.3 is 10.6 Å². The normalized spacial score (nSPS) is 12.1. The van der Waals surface area contributed by atoms with E-state index in [-0.39, 0.29) is 17.6 Å². The van der Waals surface area contributed by atoms with Gasteiger partial charge in [-0.3, -0.25) is 9.36 Å². The summed E-state index contributed by atoms with van der Waals surface area (Å²) >= 11 is 9.65. The Bertz CT molecular complexity index is 1420. The van der Waals surface area contributed by atoms with E-state index in [1.165, 1.54) is 4.52 Å². The smallest absolute Gasteiger partial charge is 0.330 e. The van der Waals surface area contributed by atoms with Crippen molar-refractivity contribution in [3.05, 3.63) is 103 Å². The molecule has 0 saturated heterocycles. The van der Waals surface area contributed by atoms with Crippen LogP contribution in [-0.2, 0) is 6.54 Å². The predicted octanol–water partition coefficient (Wildman–Crippen LogP) is 5.21. The first-order valence-corrected chi connectivity index (χ1v) is 13.1. The molecule has 0 aliphatic carbocycles. The molecule has 188 valence electrons. The van der Waals surface area contributed by atoms with Gasteiger partial charge in [0, 0.05) is 22.8 Å². The summed E-state index contributed by atoms with van der Waals surface area (Å²) in [6, 6.07) is 18.3. The average Bonchev–Trinajstić information content (AvgIpc) is 3.18. The molecular weight excluding hydrogens is 542 g/mol. The maximum atomic E-state index is 13.8. The van der Waals surface area contributed by atoms with Gasteiger partial charge in [-0.05, 0) is 78.1 Å². The molecule has 0 radical (unpaired) electrons. The van der Waals surface area contributed by atoms with Crippen molar-refractivity contribution in [3.63, 3.8) is 0 Å². The van der Waals surface area contributed by atoms with Gasteiger partial charge in [0.2, 0.25) is 0 Å². The van der Waals surface area contributed by atoms with Crippen molar-refractivity contribution in [2.75, 3.05) is 13.1 Å². The molecule has 2 heterocycles. The van der Waals surface area contributed by atoms with E-state index < -0.39 is 0 Å². The molecule has 0 fully saturated rings. The van der Waals surface area contributed by atoms with Crippen molar-refractivity contribution in [1.82, 2.24) is 19.1 Å². The number of carbonyl (C=O) groups is 1. The Labute approximate surface area is 223 Å². The van der Waals surface area contributed by atoms with Crippen molar-refractivity contribution >= 4 is 39.0 Å². The van der Waals surface area contributed by atoms with Crippen molar-refractivity contribution in [2.24, 2.45) is 5.73 Å². The molecule has 2 N–H and O–H groups in total. The van der Waals surface area contributed by atoms with E-state index in [1.54, 1.807) is 28.8 Å². The molecule has 0 bridgehead atoms. The van der Waals surface area contributed by atoms with Crippen molar-refractivity contribution in [2.45, 2.75) is 39.3 Å². The number of hydrogen-bond donors (Lipinski definition) is 1. The van der Waals surface area contributed by atoms with Crippen molar-refractivity contribution in [3.8, 4) is 0 Å². The van der Waals surface area contributed by atoms with Crippen LogP contribution in [0, 0.1) is 6.92 Å². The molecule has 0 aliphatic heterocycles. The molecule has 2 aromatic carbocycles. The molecule has 4 rings (SSSR count). The highest BCUT2D eigenvalue weighted by atomic mass is 79.9. The molecule has 0 aliphatic rings. The zero-order chi connectivity index (χ0) is 25.8. The van der Waals surface area contributed by atoms with Gasteiger partial charge in [0.15, 0.2) is 0 Å². The van der Waals surface area contributed by atoms with E-state index in [9.17, 15) is 9.59 Å². The highest BCUT2D eigenvalue weighted by Gasteiger charge is 2.29. The second-order valence-electron chi connectivity index (χ2n) is 8.69. The zero-order valence-corrected chi connectivity index (χ0v) is 22.7. The van der Waals surface area contributed by atoms with Crippen LogP contribution in [0.4, 0.5) is 0 Å².